The molecule has 0 saturated carbocycles. The Bertz CT molecular complexity index is 501. The van der Waals surface area contributed by atoms with E-state index in [9.17, 15) is 0 Å². The molecule has 0 aliphatic carbocycles. The van der Waals surface area contributed by atoms with Gasteiger partial charge in [-0.2, -0.15) is 0 Å². The molecule has 3 heteroatoms. The molecule has 19 heavy (non-hydrogen) atoms. The Kier molecular flexibility index (Phi) is 6.00. The second kappa shape index (κ2) is 7.52. The molecular weight excluding hydrogens is 236 g/mol. The number of hydrogen-bond acceptors (Lipinski definition) is 3. The Labute approximate surface area is 115 Å². The molecule has 0 saturated heterocycles. The minimum absolute atomic E-state index is 0.511. The van der Waals surface area contributed by atoms with Gasteiger partial charge in [0.2, 0.25) is 0 Å². The van der Waals surface area contributed by atoms with Gasteiger partial charge in [-0.3, -0.25) is 4.99 Å². The SMILES string of the molecule is CC=C(C=NC)c1ccc(OCCC)c(C(C)=N)c1. The number of nitrogens with one attached hydrogen (secondary N) is 1. The lowest BCUT2D eigenvalue weighted by molar-refractivity contribution is 0.317. The number of benzene rings is 1. The highest BCUT2D eigenvalue weighted by molar-refractivity contribution is 6.10. The maximum atomic E-state index is 7.88. The van der Waals surface area contributed by atoms with Crippen molar-refractivity contribution in [2.45, 2.75) is 27.2 Å². The summed E-state index contributed by atoms with van der Waals surface area (Å²) in [5.74, 6) is 0.780. The normalized spacial score (nSPS) is 11.9. The van der Waals surface area contributed by atoms with Gasteiger partial charge in [-0.25, -0.2) is 0 Å². The van der Waals surface area contributed by atoms with Crippen LogP contribution >= 0.6 is 0 Å². The third-order valence-corrected chi connectivity index (χ3v) is 2.76. The highest BCUT2D eigenvalue weighted by Crippen LogP contribution is 2.24. The van der Waals surface area contributed by atoms with Crippen molar-refractivity contribution in [2.75, 3.05) is 13.7 Å². The lowest BCUT2D eigenvalue weighted by atomic mass is 10.0. The van der Waals surface area contributed by atoms with Crippen molar-refractivity contribution in [3.05, 3.63) is 35.4 Å². The number of hydrogen-bond donors (Lipinski definition) is 1. The lowest BCUT2D eigenvalue weighted by Crippen LogP contribution is -2.03. The average molecular weight is 258 g/mol. The van der Waals surface area contributed by atoms with E-state index in [2.05, 4.69) is 11.9 Å². The molecule has 1 N–H and O–H groups in total. The summed E-state index contributed by atoms with van der Waals surface area (Å²) in [5, 5.41) is 7.88. The molecule has 0 heterocycles. The first-order valence-electron chi connectivity index (χ1n) is 6.55. The molecular formula is C16H22N2O. The van der Waals surface area contributed by atoms with E-state index >= 15 is 0 Å². The molecule has 0 spiro atoms. The molecule has 3 nitrogen and oxygen atoms in total. The first-order chi connectivity index (χ1) is 9.13. The van der Waals surface area contributed by atoms with Crippen LogP contribution in [-0.4, -0.2) is 25.6 Å². The second-order valence-electron chi connectivity index (χ2n) is 4.32. The number of allylic oxidation sites excluding steroid dienone is 2. The van der Waals surface area contributed by atoms with Crippen molar-refractivity contribution in [3.63, 3.8) is 0 Å². The Morgan fingerprint density at radius 1 is 1.42 bits per heavy atom. The fourth-order valence-corrected chi connectivity index (χ4v) is 1.80. The summed E-state index contributed by atoms with van der Waals surface area (Å²) in [6, 6.07) is 5.93. The van der Waals surface area contributed by atoms with E-state index in [-0.39, 0.29) is 0 Å². The minimum atomic E-state index is 0.511. The van der Waals surface area contributed by atoms with Crippen molar-refractivity contribution in [2.24, 2.45) is 4.99 Å². The van der Waals surface area contributed by atoms with Crippen molar-refractivity contribution >= 4 is 17.5 Å². The van der Waals surface area contributed by atoms with E-state index in [0.717, 1.165) is 28.9 Å². The Morgan fingerprint density at radius 3 is 2.68 bits per heavy atom. The number of nitrogens with zero attached hydrogens (tertiary/aromatic N) is 1. The molecule has 0 bridgehead atoms. The first-order valence-corrected chi connectivity index (χ1v) is 6.55. The summed E-state index contributed by atoms with van der Waals surface area (Å²) in [4.78, 5) is 4.05. The van der Waals surface area contributed by atoms with Gasteiger partial charge in [0, 0.05) is 24.5 Å². The maximum Gasteiger partial charge on any atom is 0.128 e. The predicted octanol–water partition coefficient (Wildman–Crippen LogP) is 3.97. The zero-order valence-electron chi connectivity index (χ0n) is 12.2. The minimum Gasteiger partial charge on any atom is -0.493 e. The summed E-state index contributed by atoms with van der Waals surface area (Å²) in [5.41, 5.74) is 3.46. The van der Waals surface area contributed by atoms with Crippen LogP contribution in [-0.2, 0) is 0 Å². The maximum absolute atomic E-state index is 7.88. The second-order valence-corrected chi connectivity index (χ2v) is 4.32. The van der Waals surface area contributed by atoms with E-state index in [0.29, 0.717) is 12.3 Å². The van der Waals surface area contributed by atoms with Gasteiger partial charge in [0.1, 0.15) is 5.75 Å². The zero-order chi connectivity index (χ0) is 14.3. The molecule has 0 atom stereocenters. The standard InChI is InChI=1S/C16H22N2O/c1-5-9-19-16-8-7-14(10-15(16)12(3)17)13(6-2)11-18-4/h6-8,10-11,17H,5,9H2,1-4H3. The van der Waals surface area contributed by atoms with Crippen LogP contribution in [0.4, 0.5) is 0 Å². The smallest absolute Gasteiger partial charge is 0.128 e. The van der Waals surface area contributed by atoms with Gasteiger partial charge in [0.25, 0.3) is 0 Å². The zero-order valence-corrected chi connectivity index (χ0v) is 12.2. The van der Waals surface area contributed by atoms with Crippen molar-refractivity contribution in [1.29, 1.82) is 5.41 Å². The number of rotatable bonds is 6. The van der Waals surface area contributed by atoms with Crippen LogP contribution in [0.3, 0.4) is 0 Å². The van der Waals surface area contributed by atoms with Crippen LogP contribution in [0.15, 0.2) is 29.3 Å². The van der Waals surface area contributed by atoms with Gasteiger partial charge in [-0.05, 0) is 43.5 Å². The fourth-order valence-electron chi connectivity index (χ4n) is 1.80. The summed E-state index contributed by atoms with van der Waals surface area (Å²) in [6.45, 7) is 6.50. The number of ether oxygens (including phenoxy) is 1. The third-order valence-electron chi connectivity index (χ3n) is 2.76. The summed E-state index contributed by atoms with van der Waals surface area (Å²) < 4.78 is 5.68. The Hall–Kier alpha value is -1.90. The van der Waals surface area contributed by atoms with Gasteiger partial charge in [-0.15, -0.1) is 0 Å². The van der Waals surface area contributed by atoms with E-state index in [1.54, 1.807) is 14.0 Å². The van der Waals surface area contributed by atoms with Crippen LogP contribution in [0.2, 0.25) is 0 Å². The van der Waals surface area contributed by atoms with Crippen molar-refractivity contribution < 1.29 is 4.74 Å². The van der Waals surface area contributed by atoms with E-state index in [1.807, 2.05) is 37.4 Å². The molecule has 1 rings (SSSR count). The van der Waals surface area contributed by atoms with Gasteiger partial charge >= 0.3 is 0 Å². The third kappa shape index (κ3) is 4.05. The summed E-state index contributed by atoms with van der Waals surface area (Å²) in [7, 11) is 1.75. The van der Waals surface area contributed by atoms with Crippen LogP contribution in [0.5, 0.6) is 5.75 Å². The topological polar surface area (TPSA) is 45.4 Å². The largest absolute Gasteiger partial charge is 0.493 e. The van der Waals surface area contributed by atoms with Gasteiger partial charge in [-0.1, -0.05) is 19.1 Å². The molecule has 1 aromatic rings. The van der Waals surface area contributed by atoms with Gasteiger partial charge in [0.05, 0.1) is 6.61 Å². The number of aliphatic imine (C=N–C) groups is 1. The van der Waals surface area contributed by atoms with E-state index < -0.39 is 0 Å². The molecule has 0 aliphatic heterocycles. The predicted molar refractivity (Wildman–Crippen MR) is 82.8 cm³/mol. The monoisotopic (exact) mass is 258 g/mol. The van der Waals surface area contributed by atoms with E-state index in [1.165, 1.54) is 0 Å². The molecule has 0 aromatic heterocycles. The van der Waals surface area contributed by atoms with Gasteiger partial charge < -0.3 is 10.1 Å². The first kappa shape index (κ1) is 15.2. The molecule has 102 valence electrons. The van der Waals surface area contributed by atoms with Crippen LogP contribution in [0.1, 0.15) is 38.3 Å². The summed E-state index contributed by atoms with van der Waals surface area (Å²) in [6.07, 6.45) is 4.80. The summed E-state index contributed by atoms with van der Waals surface area (Å²) >= 11 is 0. The fraction of sp³-hybridized carbons (Fsp3) is 0.375. The highest BCUT2D eigenvalue weighted by Gasteiger charge is 2.08. The molecule has 0 unspecified atom stereocenters. The molecule has 0 fully saturated rings. The van der Waals surface area contributed by atoms with Gasteiger partial charge in [0.15, 0.2) is 0 Å². The van der Waals surface area contributed by atoms with Crippen LogP contribution in [0, 0.1) is 5.41 Å². The Morgan fingerprint density at radius 2 is 2.16 bits per heavy atom. The average Bonchev–Trinajstić information content (AvgIpc) is 2.42. The van der Waals surface area contributed by atoms with E-state index in [4.69, 9.17) is 10.1 Å². The van der Waals surface area contributed by atoms with Crippen LogP contribution < -0.4 is 4.74 Å². The molecule has 0 amide bonds. The molecule has 0 aliphatic rings. The lowest BCUT2D eigenvalue weighted by Gasteiger charge is -2.12. The Balaban J connectivity index is 3.19. The van der Waals surface area contributed by atoms with Crippen molar-refractivity contribution in [3.8, 4) is 5.75 Å². The molecule has 0 radical (unpaired) electrons. The quantitative estimate of drug-likeness (QED) is 0.771. The molecule has 1 aromatic carbocycles. The highest BCUT2D eigenvalue weighted by atomic mass is 16.5. The van der Waals surface area contributed by atoms with Crippen LogP contribution in [0.25, 0.3) is 5.57 Å². The van der Waals surface area contributed by atoms with Crippen molar-refractivity contribution in [1.82, 2.24) is 0 Å².